The van der Waals surface area contributed by atoms with E-state index in [0.29, 0.717) is 41.1 Å². The van der Waals surface area contributed by atoms with Crippen LogP contribution in [0.15, 0.2) is 66.7 Å². The largest absolute Gasteiger partial charge is 0.478 e. The number of methoxy groups -OCH3 is 1. The van der Waals surface area contributed by atoms with Gasteiger partial charge in [-0.25, -0.2) is 23.5 Å². The molecule has 0 saturated heterocycles. The van der Waals surface area contributed by atoms with Gasteiger partial charge in [0.2, 0.25) is 5.88 Å². The summed E-state index contributed by atoms with van der Waals surface area (Å²) >= 11 is 0. The van der Waals surface area contributed by atoms with Gasteiger partial charge in [0.15, 0.2) is 0 Å². The quantitative estimate of drug-likeness (QED) is 0.225. The summed E-state index contributed by atoms with van der Waals surface area (Å²) in [5, 5.41) is 27.9. The van der Waals surface area contributed by atoms with E-state index in [1.807, 2.05) is 16.7 Å². The van der Waals surface area contributed by atoms with Crippen molar-refractivity contribution in [3.63, 3.8) is 0 Å². The van der Waals surface area contributed by atoms with Crippen LogP contribution in [0.3, 0.4) is 0 Å². The van der Waals surface area contributed by atoms with E-state index in [0.717, 1.165) is 6.07 Å². The number of aromatic nitrogens is 3. The molecule has 2 heterocycles. The van der Waals surface area contributed by atoms with E-state index in [-0.39, 0.29) is 46.9 Å². The number of imidazole rings is 1. The number of carboxylic acids is 1. The molecule has 0 radical (unpaired) electrons. The van der Waals surface area contributed by atoms with Crippen LogP contribution in [0, 0.1) is 34.3 Å². The van der Waals surface area contributed by atoms with Gasteiger partial charge in [-0.15, -0.1) is 0 Å². The normalized spacial score (nSPS) is 10.8. The zero-order valence-electron chi connectivity index (χ0n) is 22.8. The molecular weight excluding hydrogens is 556 g/mol. The number of aromatic carboxylic acids is 1. The first-order chi connectivity index (χ1) is 20.8. The van der Waals surface area contributed by atoms with Crippen molar-refractivity contribution in [2.45, 2.75) is 19.6 Å². The van der Waals surface area contributed by atoms with Crippen molar-refractivity contribution < 1.29 is 28.2 Å². The molecule has 0 fully saturated rings. The average Bonchev–Trinajstić information content (AvgIpc) is 3.35. The number of benzene rings is 3. The highest BCUT2D eigenvalue weighted by molar-refractivity contribution is 5.92. The first-order valence-electron chi connectivity index (χ1n) is 13.0. The molecule has 5 rings (SSSR count). The van der Waals surface area contributed by atoms with Gasteiger partial charge in [0, 0.05) is 37.3 Å². The summed E-state index contributed by atoms with van der Waals surface area (Å²) in [5.74, 6) is -1.60. The van der Waals surface area contributed by atoms with Crippen LogP contribution in [-0.2, 0) is 24.3 Å². The maximum absolute atomic E-state index is 15.5. The highest BCUT2D eigenvalue weighted by Gasteiger charge is 2.17. The van der Waals surface area contributed by atoms with E-state index in [1.54, 1.807) is 25.3 Å². The predicted molar refractivity (Wildman–Crippen MR) is 151 cm³/mol. The molecule has 11 heteroatoms. The molecule has 1 N–H and O–H groups in total. The summed E-state index contributed by atoms with van der Waals surface area (Å²) in [6.45, 7) is 0.551. The molecule has 0 amide bonds. The summed E-state index contributed by atoms with van der Waals surface area (Å²) in [6.07, 6.45) is 0.128. The SMILES string of the molecule is COCCn1c(Cc2ccc(-c3cc(C#N)cc(OCc4ccc(C#N)cc4F)n3)cc2F)nc2ccc(C(=O)O)cc21. The molecule has 3 aromatic carbocycles. The van der Waals surface area contributed by atoms with Crippen molar-refractivity contribution >= 4 is 17.0 Å². The molecule has 9 nitrogen and oxygen atoms in total. The second-order valence-corrected chi connectivity index (χ2v) is 9.56. The van der Waals surface area contributed by atoms with Crippen molar-refractivity contribution in [2.24, 2.45) is 0 Å². The topological polar surface area (TPSA) is 134 Å². The van der Waals surface area contributed by atoms with Gasteiger partial charge < -0.3 is 19.1 Å². The van der Waals surface area contributed by atoms with E-state index in [9.17, 15) is 19.6 Å². The number of ether oxygens (including phenoxy) is 2. The van der Waals surface area contributed by atoms with Gasteiger partial charge >= 0.3 is 5.97 Å². The van der Waals surface area contributed by atoms with E-state index < -0.39 is 17.6 Å². The Hall–Kier alpha value is -5.65. The summed E-state index contributed by atoms with van der Waals surface area (Å²) in [7, 11) is 1.55. The Morgan fingerprint density at radius 1 is 0.930 bits per heavy atom. The second kappa shape index (κ2) is 12.5. The number of nitriles is 2. The molecule has 2 aromatic heterocycles. The predicted octanol–water partition coefficient (Wildman–Crippen LogP) is 5.63. The molecule has 5 aromatic rings. The van der Waals surface area contributed by atoms with Crippen LogP contribution in [0.2, 0.25) is 0 Å². The number of hydrogen-bond donors (Lipinski definition) is 1. The lowest BCUT2D eigenvalue weighted by Gasteiger charge is -2.11. The Labute approximate surface area is 244 Å². The molecule has 0 bridgehead atoms. The Bertz CT molecular complexity index is 1940. The smallest absolute Gasteiger partial charge is 0.335 e. The maximum Gasteiger partial charge on any atom is 0.335 e. The number of carbonyl (C=O) groups is 1. The van der Waals surface area contributed by atoms with Crippen molar-refractivity contribution in [1.82, 2.24) is 14.5 Å². The standard InChI is InChI=1S/C32H23F2N5O4/c1-42-9-8-39-29-14-23(32(40)41)6-7-27(29)37-30(39)15-21-4-5-22(13-26(21)34)28-11-20(17-36)12-31(38-28)43-18-24-3-2-19(16-35)10-25(24)33/h2-7,10-14H,8-9,15,18H2,1H3,(H,40,41). The first kappa shape index (κ1) is 28.9. The Morgan fingerprint density at radius 3 is 2.40 bits per heavy atom. The minimum absolute atomic E-state index is 0.0508. The fraction of sp³-hybridized carbons (Fsp3) is 0.156. The van der Waals surface area contributed by atoms with Gasteiger partial charge in [-0.3, -0.25) is 0 Å². The Kier molecular flexibility index (Phi) is 8.37. The van der Waals surface area contributed by atoms with E-state index in [2.05, 4.69) is 9.97 Å². The minimum Gasteiger partial charge on any atom is -0.478 e. The van der Waals surface area contributed by atoms with Crippen LogP contribution in [0.1, 0.15) is 38.4 Å². The Balaban J connectivity index is 1.42. The van der Waals surface area contributed by atoms with Gasteiger partial charge in [0.25, 0.3) is 0 Å². The van der Waals surface area contributed by atoms with Gasteiger partial charge in [-0.2, -0.15) is 10.5 Å². The average molecular weight is 580 g/mol. The van der Waals surface area contributed by atoms with Crippen LogP contribution in [0.25, 0.3) is 22.3 Å². The fourth-order valence-electron chi connectivity index (χ4n) is 4.57. The lowest BCUT2D eigenvalue weighted by Crippen LogP contribution is -2.10. The van der Waals surface area contributed by atoms with Crippen LogP contribution in [0.4, 0.5) is 8.78 Å². The molecule has 43 heavy (non-hydrogen) atoms. The number of hydrogen-bond acceptors (Lipinski definition) is 7. The fourth-order valence-corrected chi connectivity index (χ4v) is 4.57. The summed E-state index contributed by atoms with van der Waals surface area (Å²) in [4.78, 5) is 20.5. The molecule has 0 unspecified atom stereocenters. The van der Waals surface area contributed by atoms with Crippen molar-refractivity contribution in [1.29, 1.82) is 10.5 Å². The zero-order valence-corrected chi connectivity index (χ0v) is 22.8. The maximum atomic E-state index is 15.5. The first-order valence-corrected chi connectivity index (χ1v) is 13.0. The van der Waals surface area contributed by atoms with Gasteiger partial charge in [-0.05, 0) is 48.0 Å². The van der Waals surface area contributed by atoms with Gasteiger partial charge in [0.05, 0.1) is 52.2 Å². The number of pyridine rings is 1. The number of rotatable bonds is 10. The third kappa shape index (κ3) is 6.32. The number of halogens is 2. The summed E-state index contributed by atoms with van der Waals surface area (Å²) < 4.78 is 42.4. The highest BCUT2D eigenvalue weighted by atomic mass is 19.1. The molecule has 0 atom stereocenters. The van der Waals surface area contributed by atoms with Crippen molar-refractivity contribution in [3.05, 3.63) is 112 Å². The number of carboxylic acid groups (broad SMARTS) is 1. The molecule has 0 spiro atoms. The summed E-state index contributed by atoms with van der Waals surface area (Å²) in [6, 6.07) is 20.0. The van der Waals surface area contributed by atoms with Crippen LogP contribution < -0.4 is 4.74 Å². The lowest BCUT2D eigenvalue weighted by atomic mass is 10.0. The molecule has 0 aliphatic carbocycles. The van der Waals surface area contributed by atoms with E-state index in [1.165, 1.54) is 42.5 Å². The molecular formula is C32H23F2N5O4. The van der Waals surface area contributed by atoms with Crippen LogP contribution in [0.5, 0.6) is 5.88 Å². The Morgan fingerprint density at radius 2 is 1.70 bits per heavy atom. The molecule has 214 valence electrons. The number of fused-ring (bicyclic) bond motifs is 1. The second-order valence-electron chi connectivity index (χ2n) is 9.56. The van der Waals surface area contributed by atoms with Gasteiger partial charge in [0.1, 0.15) is 24.1 Å². The van der Waals surface area contributed by atoms with Gasteiger partial charge in [-0.1, -0.05) is 18.2 Å². The van der Waals surface area contributed by atoms with Crippen LogP contribution >= 0.6 is 0 Å². The van der Waals surface area contributed by atoms with E-state index in [4.69, 9.17) is 14.7 Å². The third-order valence-corrected chi connectivity index (χ3v) is 6.78. The molecule has 0 aliphatic heterocycles. The van der Waals surface area contributed by atoms with Crippen molar-refractivity contribution in [2.75, 3.05) is 13.7 Å². The third-order valence-electron chi connectivity index (χ3n) is 6.78. The summed E-state index contributed by atoms with van der Waals surface area (Å²) in [5.41, 5.74) is 2.94. The molecule has 0 saturated carbocycles. The number of nitrogens with zero attached hydrogens (tertiary/aromatic N) is 5. The van der Waals surface area contributed by atoms with Crippen LogP contribution in [-0.4, -0.2) is 39.3 Å². The highest BCUT2D eigenvalue weighted by Crippen LogP contribution is 2.27. The lowest BCUT2D eigenvalue weighted by molar-refractivity contribution is 0.0697. The van der Waals surface area contributed by atoms with Crippen molar-refractivity contribution in [3.8, 4) is 29.3 Å². The zero-order chi connectivity index (χ0) is 30.5. The minimum atomic E-state index is -1.06. The monoisotopic (exact) mass is 579 g/mol. The van der Waals surface area contributed by atoms with E-state index >= 15 is 4.39 Å². The molecule has 0 aliphatic rings.